The van der Waals surface area contributed by atoms with Crippen LogP contribution in [-0.4, -0.2) is 31.1 Å². The van der Waals surface area contributed by atoms with Gasteiger partial charge in [-0.15, -0.1) is 0 Å². The van der Waals surface area contributed by atoms with Crippen LogP contribution in [0.25, 0.3) is 0 Å². The molecule has 0 aromatic rings. The summed E-state index contributed by atoms with van der Waals surface area (Å²) in [5, 5.41) is 0. The summed E-state index contributed by atoms with van der Waals surface area (Å²) < 4.78 is 18.1. The summed E-state index contributed by atoms with van der Waals surface area (Å²) in [6, 6.07) is 0. The predicted molar refractivity (Wildman–Crippen MR) is 102 cm³/mol. The molecular weight excluding hydrogens is 340 g/mol. The monoisotopic (exact) mass is 376 g/mol. The van der Waals surface area contributed by atoms with Gasteiger partial charge in [-0.1, -0.05) is 13.8 Å². The van der Waals surface area contributed by atoms with Gasteiger partial charge in [0.25, 0.3) is 0 Å². The highest BCUT2D eigenvalue weighted by atomic mass is 16.7. The molecule has 0 aromatic carbocycles. The molecule has 1 saturated heterocycles. The smallest absolute Gasteiger partial charge is 0.302 e. The number of hydrogen-bond acceptors (Lipinski definition) is 4. The number of carbonyl (C=O) groups is 1. The highest BCUT2D eigenvalue weighted by Crippen LogP contribution is 2.69. The van der Waals surface area contributed by atoms with Crippen molar-refractivity contribution in [2.45, 2.75) is 90.4 Å². The van der Waals surface area contributed by atoms with Crippen molar-refractivity contribution in [2.75, 3.05) is 13.2 Å². The van der Waals surface area contributed by atoms with Crippen LogP contribution in [0.1, 0.15) is 78.6 Å². The van der Waals surface area contributed by atoms with Gasteiger partial charge in [0.2, 0.25) is 0 Å². The maximum absolute atomic E-state index is 11.4. The van der Waals surface area contributed by atoms with E-state index in [0.717, 1.165) is 56.1 Å². The van der Waals surface area contributed by atoms with Crippen molar-refractivity contribution < 1.29 is 19.0 Å². The van der Waals surface area contributed by atoms with Gasteiger partial charge in [0, 0.05) is 18.8 Å². The summed E-state index contributed by atoms with van der Waals surface area (Å²) >= 11 is 0. The van der Waals surface area contributed by atoms with E-state index in [4.69, 9.17) is 14.2 Å². The average Bonchev–Trinajstić information content (AvgIpc) is 3.21. The van der Waals surface area contributed by atoms with Gasteiger partial charge in [-0.2, -0.15) is 0 Å². The molecule has 0 unspecified atom stereocenters. The van der Waals surface area contributed by atoms with Crippen molar-refractivity contribution in [1.82, 2.24) is 0 Å². The minimum Gasteiger partial charge on any atom is -0.463 e. The molecule has 0 radical (unpaired) electrons. The topological polar surface area (TPSA) is 44.8 Å². The summed E-state index contributed by atoms with van der Waals surface area (Å²) in [7, 11) is 0. The first-order valence-electron chi connectivity index (χ1n) is 11.3. The van der Waals surface area contributed by atoms with Crippen LogP contribution in [0, 0.1) is 34.5 Å². The molecule has 0 N–H and O–H groups in total. The quantitative estimate of drug-likeness (QED) is 0.622. The summed E-state index contributed by atoms with van der Waals surface area (Å²) in [6.45, 7) is 8.13. The van der Waals surface area contributed by atoms with E-state index in [1.807, 2.05) is 0 Å². The van der Waals surface area contributed by atoms with Crippen molar-refractivity contribution in [3.8, 4) is 0 Å². The molecule has 1 spiro atoms. The molecule has 1 heterocycles. The van der Waals surface area contributed by atoms with Gasteiger partial charge in [-0.05, 0) is 80.5 Å². The molecule has 5 rings (SSSR count). The first-order chi connectivity index (χ1) is 12.9. The largest absolute Gasteiger partial charge is 0.463 e. The number of fused-ring (bicyclic) bond motifs is 6. The number of carbonyl (C=O) groups excluding carboxylic acids is 1. The molecule has 4 aliphatic carbocycles. The molecule has 4 heteroatoms. The third-order valence-electron chi connectivity index (χ3n) is 9.75. The molecule has 0 bridgehead atoms. The van der Waals surface area contributed by atoms with Crippen LogP contribution in [-0.2, 0) is 19.0 Å². The van der Waals surface area contributed by atoms with Crippen LogP contribution >= 0.6 is 0 Å². The number of ether oxygens (including phenoxy) is 3. The number of esters is 1. The summed E-state index contributed by atoms with van der Waals surface area (Å²) in [6.07, 6.45) is 11.1. The van der Waals surface area contributed by atoms with Gasteiger partial charge in [-0.3, -0.25) is 4.79 Å². The molecule has 0 aromatic heterocycles. The van der Waals surface area contributed by atoms with E-state index in [0.29, 0.717) is 5.41 Å². The van der Waals surface area contributed by atoms with Gasteiger partial charge in [0.1, 0.15) is 6.10 Å². The van der Waals surface area contributed by atoms with E-state index < -0.39 is 0 Å². The third-order valence-corrected chi connectivity index (χ3v) is 9.75. The highest BCUT2D eigenvalue weighted by Gasteiger charge is 2.67. The van der Waals surface area contributed by atoms with Gasteiger partial charge in [0.05, 0.1) is 13.2 Å². The SMILES string of the molecule is CC(=O)O[C@@H]1CC[C@]2(C)[C@H](CC[C@H]3[C@H]4CCC5(OCCO5)[C@]4(C)CC[C@@H]32)C1. The second-order valence-electron chi connectivity index (χ2n) is 10.6. The van der Waals surface area contributed by atoms with E-state index in [9.17, 15) is 4.79 Å². The Hall–Kier alpha value is -0.610. The summed E-state index contributed by atoms with van der Waals surface area (Å²) in [5.74, 6) is 2.71. The lowest BCUT2D eigenvalue weighted by Gasteiger charge is -2.61. The molecule has 4 nitrogen and oxygen atoms in total. The van der Waals surface area contributed by atoms with E-state index in [-0.39, 0.29) is 23.3 Å². The fraction of sp³-hybridized carbons (Fsp3) is 0.957. The molecule has 5 fully saturated rings. The molecule has 1 aliphatic heterocycles. The lowest BCUT2D eigenvalue weighted by Crippen LogP contribution is -2.57. The van der Waals surface area contributed by atoms with Gasteiger partial charge >= 0.3 is 5.97 Å². The minimum absolute atomic E-state index is 0.112. The zero-order chi connectivity index (χ0) is 18.9. The molecule has 152 valence electrons. The lowest BCUT2D eigenvalue weighted by atomic mass is 9.45. The van der Waals surface area contributed by atoms with Crippen LogP contribution in [0.5, 0.6) is 0 Å². The fourth-order valence-corrected chi connectivity index (χ4v) is 8.45. The first-order valence-corrected chi connectivity index (χ1v) is 11.3. The van der Waals surface area contributed by atoms with Crippen molar-refractivity contribution in [3.63, 3.8) is 0 Å². The summed E-state index contributed by atoms with van der Waals surface area (Å²) in [5.41, 5.74) is 0.622. The molecule has 4 saturated carbocycles. The minimum atomic E-state index is -0.284. The maximum atomic E-state index is 11.4. The Morgan fingerprint density at radius 3 is 2.41 bits per heavy atom. The van der Waals surface area contributed by atoms with Gasteiger partial charge < -0.3 is 14.2 Å². The molecule has 7 atom stereocenters. The van der Waals surface area contributed by atoms with Crippen molar-refractivity contribution in [2.24, 2.45) is 34.5 Å². The van der Waals surface area contributed by atoms with Crippen LogP contribution in [0.3, 0.4) is 0 Å². The maximum Gasteiger partial charge on any atom is 0.302 e. The predicted octanol–water partition coefficient (Wildman–Crippen LogP) is 4.70. The van der Waals surface area contributed by atoms with E-state index in [2.05, 4.69) is 13.8 Å². The molecule has 27 heavy (non-hydrogen) atoms. The zero-order valence-electron chi connectivity index (χ0n) is 17.3. The number of hydrogen-bond donors (Lipinski definition) is 0. The second-order valence-corrected chi connectivity index (χ2v) is 10.6. The van der Waals surface area contributed by atoms with Crippen LogP contribution in [0.2, 0.25) is 0 Å². The Labute approximate surface area is 163 Å². The normalized spacial score (nSPS) is 50.7. The standard InChI is InChI=1S/C23H36O4/c1-15(24)27-17-6-9-21(2)16(14-17)4-5-18-19(21)7-10-22(3)20(18)8-11-23(22)25-12-13-26-23/h16-20H,4-14H2,1-3H3/t16-,17-,18-,19+,20-,21-,22-/m1/s1. The first kappa shape index (κ1) is 18.4. The Morgan fingerprint density at radius 1 is 0.926 bits per heavy atom. The average molecular weight is 377 g/mol. The van der Waals surface area contributed by atoms with Crippen molar-refractivity contribution >= 4 is 5.97 Å². The Bertz CT molecular complexity index is 611. The Balaban J connectivity index is 1.37. The molecule has 0 amide bonds. The zero-order valence-corrected chi connectivity index (χ0v) is 17.3. The van der Waals surface area contributed by atoms with E-state index in [1.165, 1.54) is 38.5 Å². The van der Waals surface area contributed by atoms with Gasteiger partial charge in [-0.25, -0.2) is 0 Å². The Morgan fingerprint density at radius 2 is 1.67 bits per heavy atom. The number of rotatable bonds is 1. The molecular formula is C23H36O4. The highest BCUT2D eigenvalue weighted by molar-refractivity contribution is 5.66. The van der Waals surface area contributed by atoms with Gasteiger partial charge in [0.15, 0.2) is 5.79 Å². The van der Waals surface area contributed by atoms with Crippen molar-refractivity contribution in [1.29, 1.82) is 0 Å². The van der Waals surface area contributed by atoms with Crippen LogP contribution in [0.4, 0.5) is 0 Å². The van der Waals surface area contributed by atoms with Crippen molar-refractivity contribution in [3.05, 3.63) is 0 Å². The van der Waals surface area contributed by atoms with E-state index in [1.54, 1.807) is 6.92 Å². The van der Waals surface area contributed by atoms with Crippen LogP contribution in [0.15, 0.2) is 0 Å². The molecule has 5 aliphatic rings. The summed E-state index contributed by atoms with van der Waals surface area (Å²) in [4.78, 5) is 11.4. The van der Waals surface area contributed by atoms with E-state index >= 15 is 0 Å². The Kier molecular flexibility index (Phi) is 4.22. The fourth-order valence-electron chi connectivity index (χ4n) is 8.45. The second kappa shape index (κ2) is 6.19. The third kappa shape index (κ3) is 2.51. The van der Waals surface area contributed by atoms with Crippen LogP contribution < -0.4 is 0 Å². The lowest BCUT2D eigenvalue weighted by molar-refractivity contribution is -0.248.